The number of urea groups is 1. The molecule has 1 unspecified atom stereocenters. The van der Waals surface area contributed by atoms with Gasteiger partial charge in [-0.1, -0.05) is 0 Å². The molecule has 1 heterocycles. The smallest absolute Gasteiger partial charge is 0.332 e. The number of aromatic nitrogens is 1. The fourth-order valence-electron chi connectivity index (χ4n) is 1.33. The number of carbonyl (C=O) groups is 2. The van der Waals surface area contributed by atoms with Crippen molar-refractivity contribution in [2.45, 2.75) is 32.4 Å². The van der Waals surface area contributed by atoms with Crippen molar-refractivity contribution in [3.63, 3.8) is 0 Å². The number of thiazole rings is 1. The Morgan fingerprint density at radius 1 is 1.53 bits per heavy atom. The number of nitrogens with one attached hydrogen (secondary N) is 2. The van der Waals surface area contributed by atoms with Crippen molar-refractivity contribution >= 4 is 23.3 Å². The average molecular weight is 287 g/mol. The van der Waals surface area contributed by atoms with Crippen molar-refractivity contribution in [1.29, 1.82) is 0 Å². The van der Waals surface area contributed by atoms with Gasteiger partial charge in [0.25, 0.3) is 0 Å². The van der Waals surface area contributed by atoms with E-state index in [1.165, 1.54) is 11.3 Å². The van der Waals surface area contributed by atoms with E-state index >= 15 is 0 Å². The second kappa shape index (κ2) is 7.05. The zero-order valence-corrected chi connectivity index (χ0v) is 11.5. The van der Waals surface area contributed by atoms with E-state index < -0.39 is 18.1 Å². The predicted molar refractivity (Wildman–Crippen MR) is 70.1 cm³/mol. The number of aliphatic carboxylic acids is 1. The van der Waals surface area contributed by atoms with Gasteiger partial charge in [-0.15, -0.1) is 11.3 Å². The van der Waals surface area contributed by atoms with Crippen LogP contribution in [0.25, 0.3) is 0 Å². The standard InChI is InChI=1S/C11H17N3O4S/c1-6-5-19-9(13-6)7(2)14-11(18)12-4-3-8(15)10(16)17/h5,7-8,15H,3-4H2,1-2H3,(H,16,17)(H2,12,14,18)/t7?,8-/m0/s1. The third-order valence-corrected chi connectivity index (χ3v) is 3.49. The topological polar surface area (TPSA) is 112 Å². The Labute approximate surface area is 114 Å². The zero-order valence-electron chi connectivity index (χ0n) is 10.7. The van der Waals surface area contributed by atoms with Crippen LogP contribution in [0, 0.1) is 6.92 Å². The van der Waals surface area contributed by atoms with E-state index in [0.29, 0.717) is 0 Å². The molecule has 19 heavy (non-hydrogen) atoms. The van der Waals surface area contributed by atoms with Crippen molar-refractivity contribution in [3.05, 3.63) is 16.1 Å². The number of aliphatic hydroxyl groups excluding tert-OH is 1. The van der Waals surface area contributed by atoms with Gasteiger partial charge in [-0.2, -0.15) is 0 Å². The second-order valence-electron chi connectivity index (χ2n) is 4.09. The van der Waals surface area contributed by atoms with Crippen LogP contribution in [0.2, 0.25) is 0 Å². The van der Waals surface area contributed by atoms with Crippen molar-refractivity contribution in [1.82, 2.24) is 15.6 Å². The number of aryl methyl sites for hydroxylation is 1. The monoisotopic (exact) mass is 287 g/mol. The summed E-state index contributed by atoms with van der Waals surface area (Å²) in [4.78, 5) is 26.1. The number of nitrogens with zero attached hydrogens (tertiary/aromatic N) is 1. The van der Waals surface area contributed by atoms with Gasteiger partial charge in [0.15, 0.2) is 6.10 Å². The SMILES string of the molecule is Cc1csc(C(C)NC(=O)NCC[C@H](O)C(=O)O)n1. The van der Waals surface area contributed by atoms with Gasteiger partial charge in [0.2, 0.25) is 0 Å². The average Bonchev–Trinajstić information content (AvgIpc) is 2.75. The minimum atomic E-state index is -1.46. The molecule has 106 valence electrons. The molecule has 0 spiro atoms. The lowest BCUT2D eigenvalue weighted by Crippen LogP contribution is -2.39. The summed E-state index contributed by atoms with van der Waals surface area (Å²) in [5, 5.41) is 25.3. The van der Waals surface area contributed by atoms with Crippen LogP contribution in [0.3, 0.4) is 0 Å². The molecule has 0 saturated carbocycles. The van der Waals surface area contributed by atoms with E-state index in [4.69, 9.17) is 10.2 Å². The summed E-state index contributed by atoms with van der Waals surface area (Å²) in [5.41, 5.74) is 0.902. The first-order chi connectivity index (χ1) is 8.90. The predicted octanol–water partition coefficient (Wildman–Crippen LogP) is 0.647. The lowest BCUT2D eigenvalue weighted by Gasteiger charge is -2.12. The largest absolute Gasteiger partial charge is 0.479 e. The highest BCUT2D eigenvalue weighted by molar-refractivity contribution is 7.09. The highest BCUT2D eigenvalue weighted by Crippen LogP contribution is 2.16. The van der Waals surface area contributed by atoms with Crippen LogP contribution in [0.5, 0.6) is 0 Å². The molecule has 0 aliphatic heterocycles. The summed E-state index contributed by atoms with van der Waals surface area (Å²) in [6.45, 7) is 3.77. The third-order valence-electron chi connectivity index (χ3n) is 2.34. The molecule has 0 saturated heterocycles. The van der Waals surface area contributed by atoms with Crippen molar-refractivity contribution in [2.75, 3.05) is 6.54 Å². The number of rotatable bonds is 6. The molecule has 8 heteroatoms. The van der Waals surface area contributed by atoms with E-state index in [0.717, 1.165) is 10.7 Å². The van der Waals surface area contributed by atoms with Gasteiger partial charge < -0.3 is 20.8 Å². The van der Waals surface area contributed by atoms with Gasteiger partial charge in [-0.05, 0) is 13.8 Å². The molecule has 7 nitrogen and oxygen atoms in total. The van der Waals surface area contributed by atoms with Crippen LogP contribution in [0.1, 0.15) is 30.1 Å². The van der Waals surface area contributed by atoms with Crippen LogP contribution in [0.4, 0.5) is 4.79 Å². The molecule has 4 N–H and O–H groups in total. The zero-order chi connectivity index (χ0) is 14.4. The summed E-state index contributed by atoms with van der Waals surface area (Å²) in [5.74, 6) is -1.30. The molecule has 2 amide bonds. The van der Waals surface area contributed by atoms with Gasteiger partial charge in [0.1, 0.15) is 5.01 Å². The van der Waals surface area contributed by atoms with Crippen LogP contribution in [0.15, 0.2) is 5.38 Å². The quantitative estimate of drug-likeness (QED) is 0.613. The van der Waals surface area contributed by atoms with Gasteiger partial charge >= 0.3 is 12.0 Å². The minimum absolute atomic E-state index is 0.0342. The Kier molecular flexibility index (Phi) is 5.71. The van der Waals surface area contributed by atoms with Crippen LogP contribution >= 0.6 is 11.3 Å². The molecule has 0 radical (unpaired) electrons. The van der Waals surface area contributed by atoms with Crippen LogP contribution in [-0.4, -0.2) is 39.8 Å². The van der Waals surface area contributed by atoms with E-state index in [1.807, 2.05) is 19.2 Å². The molecule has 1 aromatic rings. The lowest BCUT2D eigenvalue weighted by atomic mass is 10.2. The Balaban J connectivity index is 2.29. The van der Waals surface area contributed by atoms with Gasteiger partial charge in [0, 0.05) is 24.0 Å². The van der Waals surface area contributed by atoms with Crippen molar-refractivity contribution in [2.24, 2.45) is 0 Å². The van der Waals surface area contributed by atoms with Crippen molar-refractivity contribution < 1.29 is 19.8 Å². The first kappa shape index (κ1) is 15.4. The minimum Gasteiger partial charge on any atom is -0.479 e. The van der Waals surface area contributed by atoms with Crippen LogP contribution < -0.4 is 10.6 Å². The summed E-state index contributed by atoms with van der Waals surface area (Å²) in [7, 11) is 0. The third kappa shape index (κ3) is 5.23. The van der Waals surface area contributed by atoms with Gasteiger partial charge in [-0.25, -0.2) is 14.6 Å². The summed E-state index contributed by atoms with van der Waals surface area (Å²) >= 11 is 1.46. The molecular weight excluding hydrogens is 270 g/mol. The number of carboxylic acids is 1. The number of amides is 2. The summed E-state index contributed by atoms with van der Waals surface area (Å²) in [6.07, 6.45) is -1.49. The van der Waals surface area contributed by atoms with E-state index in [-0.39, 0.29) is 19.0 Å². The Morgan fingerprint density at radius 3 is 2.74 bits per heavy atom. The first-order valence-electron chi connectivity index (χ1n) is 5.77. The highest BCUT2D eigenvalue weighted by Gasteiger charge is 2.15. The Hall–Kier alpha value is -1.67. The number of hydrogen-bond acceptors (Lipinski definition) is 5. The first-order valence-corrected chi connectivity index (χ1v) is 6.65. The normalized spacial score (nSPS) is 13.6. The fourth-order valence-corrected chi connectivity index (χ4v) is 2.13. The number of hydrogen-bond donors (Lipinski definition) is 4. The molecule has 0 aliphatic carbocycles. The molecule has 2 atom stereocenters. The molecule has 0 fully saturated rings. The molecule has 0 aliphatic rings. The van der Waals surface area contributed by atoms with Gasteiger partial charge in [0.05, 0.1) is 6.04 Å². The number of carbonyl (C=O) groups excluding carboxylic acids is 1. The maximum Gasteiger partial charge on any atom is 0.332 e. The molecule has 1 rings (SSSR count). The molecule has 1 aromatic heterocycles. The van der Waals surface area contributed by atoms with E-state index in [1.54, 1.807) is 0 Å². The fraction of sp³-hybridized carbons (Fsp3) is 0.545. The summed E-state index contributed by atoms with van der Waals surface area (Å²) in [6, 6.07) is -0.638. The summed E-state index contributed by atoms with van der Waals surface area (Å²) < 4.78 is 0. The number of carboxylic acid groups (broad SMARTS) is 1. The lowest BCUT2D eigenvalue weighted by molar-refractivity contribution is -0.146. The molecule has 0 bridgehead atoms. The van der Waals surface area contributed by atoms with E-state index in [9.17, 15) is 9.59 Å². The Morgan fingerprint density at radius 2 is 2.21 bits per heavy atom. The maximum absolute atomic E-state index is 11.5. The van der Waals surface area contributed by atoms with E-state index in [2.05, 4.69) is 15.6 Å². The molecular formula is C11H17N3O4S. The highest BCUT2D eigenvalue weighted by atomic mass is 32.1. The van der Waals surface area contributed by atoms with Crippen LogP contribution in [-0.2, 0) is 4.79 Å². The number of aliphatic hydroxyl groups is 1. The maximum atomic E-state index is 11.5. The molecule has 0 aromatic carbocycles. The Bertz CT molecular complexity index is 449. The van der Waals surface area contributed by atoms with Crippen molar-refractivity contribution in [3.8, 4) is 0 Å². The second-order valence-corrected chi connectivity index (χ2v) is 4.98. The van der Waals surface area contributed by atoms with Gasteiger partial charge in [-0.3, -0.25) is 0 Å².